The minimum absolute atomic E-state index is 0.00487. The Morgan fingerprint density at radius 2 is 1.82 bits per heavy atom. The molecule has 34 heavy (non-hydrogen) atoms. The minimum atomic E-state index is -0.660. The van der Waals surface area contributed by atoms with Gasteiger partial charge in [0.1, 0.15) is 6.07 Å². The summed E-state index contributed by atoms with van der Waals surface area (Å²) in [6.45, 7) is 3.55. The molecule has 2 aromatic heterocycles. The lowest BCUT2D eigenvalue weighted by atomic mass is 10.1. The van der Waals surface area contributed by atoms with E-state index >= 15 is 0 Å². The normalized spacial score (nSPS) is 13.2. The third-order valence-electron chi connectivity index (χ3n) is 4.44. The lowest BCUT2D eigenvalue weighted by Crippen LogP contribution is -2.42. The molecular weight excluding hydrogens is 487 g/mol. The predicted octanol–water partition coefficient (Wildman–Crippen LogP) is 2.47. The number of allylic oxidation sites excluding steroid dienone is 1. The molecule has 0 atom stereocenters. The molecule has 3 aromatic rings. The molecule has 4 rings (SSSR count). The maximum absolute atomic E-state index is 12.3. The molecular formula is C20H12Cl2N8O4. The number of aromatic nitrogens is 4. The number of hydrazone groups is 1. The van der Waals surface area contributed by atoms with E-state index in [4.69, 9.17) is 33.2 Å². The van der Waals surface area contributed by atoms with Gasteiger partial charge in [-0.3, -0.25) is 9.59 Å². The van der Waals surface area contributed by atoms with E-state index < -0.39 is 11.6 Å². The highest BCUT2D eigenvalue weighted by atomic mass is 35.5. The summed E-state index contributed by atoms with van der Waals surface area (Å²) in [6, 6.07) is 8.02. The van der Waals surface area contributed by atoms with Gasteiger partial charge in [-0.2, -0.15) is 20.5 Å². The van der Waals surface area contributed by atoms with Crippen LogP contribution in [0, 0.1) is 11.3 Å². The van der Waals surface area contributed by atoms with Crippen LogP contribution in [0.25, 0.3) is 0 Å². The topological polar surface area (TPSA) is 169 Å². The van der Waals surface area contributed by atoms with Crippen LogP contribution in [0.3, 0.4) is 0 Å². The smallest absolute Gasteiger partial charge is 0.347 e. The Hall–Kier alpha value is -4.47. The third-order valence-corrected chi connectivity index (χ3v) is 5.00. The van der Waals surface area contributed by atoms with Gasteiger partial charge in [0.05, 0.1) is 27.1 Å². The first-order valence-electron chi connectivity index (χ1n) is 9.34. The van der Waals surface area contributed by atoms with E-state index in [1.807, 2.05) is 6.07 Å². The maximum atomic E-state index is 12.3. The van der Waals surface area contributed by atoms with Gasteiger partial charge in [0.2, 0.25) is 5.88 Å². The van der Waals surface area contributed by atoms with Crippen LogP contribution >= 0.6 is 23.2 Å². The SMILES string of the molecule is C=C1NC(=O)N(c2cc(Cl)c(Oc3cc(Cc4ccc(=O)[nH]n4)c(=O)[nH]n3)c(Cl)c2)N=C1C#N. The number of rotatable bonds is 5. The zero-order chi connectivity index (χ0) is 24.4. The highest BCUT2D eigenvalue weighted by Crippen LogP contribution is 2.39. The van der Waals surface area contributed by atoms with Gasteiger partial charge in [-0.25, -0.2) is 15.0 Å². The summed E-state index contributed by atoms with van der Waals surface area (Å²) in [5.74, 6) is -0.0153. The van der Waals surface area contributed by atoms with Crippen molar-refractivity contribution < 1.29 is 9.53 Å². The fourth-order valence-corrected chi connectivity index (χ4v) is 3.41. The number of amides is 2. The summed E-state index contributed by atoms with van der Waals surface area (Å²) in [6.07, 6.45) is 0.0972. The molecule has 1 aliphatic rings. The number of ether oxygens (including phenoxy) is 1. The van der Waals surface area contributed by atoms with Gasteiger partial charge in [0.25, 0.3) is 11.1 Å². The largest absolute Gasteiger partial charge is 0.434 e. The minimum Gasteiger partial charge on any atom is -0.434 e. The van der Waals surface area contributed by atoms with Crippen molar-refractivity contribution in [3.63, 3.8) is 0 Å². The van der Waals surface area contributed by atoms with E-state index in [-0.39, 0.29) is 56.3 Å². The van der Waals surface area contributed by atoms with Gasteiger partial charge in [-0.05, 0) is 18.2 Å². The number of aromatic amines is 2. The Kier molecular flexibility index (Phi) is 6.13. The maximum Gasteiger partial charge on any atom is 0.347 e. The lowest BCUT2D eigenvalue weighted by molar-refractivity contribution is 0.248. The Balaban J connectivity index is 1.62. The summed E-state index contributed by atoms with van der Waals surface area (Å²) >= 11 is 12.6. The number of nitriles is 1. The van der Waals surface area contributed by atoms with Crippen molar-refractivity contribution in [2.24, 2.45) is 5.10 Å². The third kappa shape index (κ3) is 4.65. The number of hydrogen-bond acceptors (Lipinski definition) is 8. The van der Waals surface area contributed by atoms with E-state index in [1.165, 1.54) is 30.3 Å². The number of nitrogens with one attached hydrogen (secondary N) is 3. The molecule has 170 valence electrons. The van der Waals surface area contributed by atoms with Gasteiger partial charge < -0.3 is 10.1 Å². The molecule has 14 heteroatoms. The monoisotopic (exact) mass is 498 g/mol. The molecule has 1 aliphatic heterocycles. The number of hydrogen-bond donors (Lipinski definition) is 3. The summed E-state index contributed by atoms with van der Waals surface area (Å²) in [5, 5.41) is 28.7. The molecule has 0 radical (unpaired) electrons. The van der Waals surface area contributed by atoms with Crippen LogP contribution in [-0.4, -0.2) is 32.1 Å². The number of carbonyl (C=O) groups excluding carboxylic acids is 1. The van der Waals surface area contributed by atoms with Gasteiger partial charge in [-0.15, -0.1) is 5.10 Å². The first kappa shape index (κ1) is 22.7. The van der Waals surface area contributed by atoms with Crippen molar-refractivity contribution in [2.45, 2.75) is 6.42 Å². The number of benzene rings is 1. The Bertz CT molecular complexity index is 1480. The van der Waals surface area contributed by atoms with Gasteiger partial charge >= 0.3 is 6.03 Å². The number of nitrogens with zero attached hydrogens (tertiary/aromatic N) is 5. The second-order valence-electron chi connectivity index (χ2n) is 6.77. The van der Waals surface area contributed by atoms with E-state index in [9.17, 15) is 14.4 Å². The highest BCUT2D eigenvalue weighted by molar-refractivity contribution is 6.37. The molecule has 0 aliphatic carbocycles. The molecule has 2 amide bonds. The molecule has 3 heterocycles. The van der Waals surface area contributed by atoms with Crippen LogP contribution < -0.4 is 26.2 Å². The van der Waals surface area contributed by atoms with Crippen LogP contribution in [0.4, 0.5) is 10.5 Å². The second-order valence-corrected chi connectivity index (χ2v) is 7.59. The summed E-state index contributed by atoms with van der Waals surface area (Å²) in [7, 11) is 0. The van der Waals surface area contributed by atoms with Crippen molar-refractivity contribution in [3.8, 4) is 17.7 Å². The van der Waals surface area contributed by atoms with Gasteiger partial charge in [0.15, 0.2) is 11.5 Å². The summed E-state index contributed by atoms with van der Waals surface area (Å²) in [5.41, 5.74) is 0.00763. The average Bonchev–Trinajstić information content (AvgIpc) is 2.80. The van der Waals surface area contributed by atoms with Crippen LogP contribution in [0.15, 0.2) is 57.3 Å². The number of anilines is 1. The highest BCUT2D eigenvalue weighted by Gasteiger charge is 2.26. The summed E-state index contributed by atoms with van der Waals surface area (Å²) in [4.78, 5) is 35.6. The van der Waals surface area contributed by atoms with Gasteiger partial charge in [0, 0.05) is 24.1 Å². The molecule has 0 fully saturated rings. The summed E-state index contributed by atoms with van der Waals surface area (Å²) < 4.78 is 5.68. The zero-order valence-corrected chi connectivity index (χ0v) is 18.4. The number of urea groups is 1. The van der Waals surface area contributed by atoms with E-state index in [0.29, 0.717) is 5.69 Å². The number of halogens is 2. The number of carbonyl (C=O) groups is 1. The predicted molar refractivity (Wildman–Crippen MR) is 122 cm³/mol. The molecule has 0 unspecified atom stereocenters. The molecule has 12 nitrogen and oxygen atoms in total. The Morgan fingerprint density at radius 1 is 1.09 bits per heavy atom. The lowest BCUT2D eigenvalue weighted by Gasteiger charge is -2.24. The molecule has 0 saturated heterocycles. The molecule has 0 saturated carbocycles. The van der Waals surface area contributed by atoms with Crippen molar-refractivity contribution in [2.75, 3.05) is 5.01 Å². The first-order valence-corrected chi connectivity index (χ1v) is 10.1. The molecule has 3 N–H and O–H groups in total. The van der Waals surface area contributed by atoms with E-state index in [0.717, 1.165) is 5.01 Å². The zero-order valence-electron chi connectivity index (χ0n) is 16.9. The molecule has 0 bridgehead atoms. The second kappa shape index (κ2) is 9.18. The quantitative estimate of drug-likeness (QED) is 0.484. The fraction of sp³-hybridized carbons (Fsp3) is 0.0500. The van der Waals surface area contributed by atoms with Crippen LogP contribution in [0.5, 0.6) is 11.6 Å². The Labute approximate surface area is 200 Å². The van der Waals surface area contributed by atoms with Crippen LogP contribution in [-0.2, 0) is 6.42 Å². The van der Waals surface area contributed by atoms with Crippen molar-refractivity contribution in [3.05, 3.63) is 84.6 Å². The van der Waals surface area contributed by atoms with E-state index in [2.05, 4.69) is 37.4 Å². The van der Waals surface area contributed by atoms with Crippen LogP contribution in [0.2, 0.25) is 10.0 Å². The standard InChI is InChI=1S/C20H12Cl2N8O4/c1-9-15(8-23)29-30(20(33)24-9)12-6-13(21)18(14(22)7-12)34-17-5-10(19(32)28-27-17)4-11-2-3-16(31)26-25-11/h2-3,5-7H,1,4H2,(H,24,33)(H,26,31)(H,28,32). The number of H-pyrrole nitrogens is 2. The van der Waals surface area contributed by atoms with Crippen LogP contribution in [0.1, 0.15) is 11.3 Å². The first-order chi connectivity index (χ1) is 16.2. The van der Waals surface area contributed by atoms with Crippen molar-refractivity contribution >= 4 is 40.6 Å². The Morgan fingerprint density at radius 3 is 2.47 bits per heavy atom. The fourth-order valence-electron chi connectivity index (χ4n) is 2.86. The van der Waals surface area contributed by atoms with Gasteiger partial charge in [-0.1, -0.05) is 29.8 Å². The van der Waals surface area contributed by atoms with Crippen molar-refractivity contribution in [1.82, 2.24) is 25.7 Å². The average molecular weight is 499 g/mol. The molecule has 1 aromatic carbocycles. The molecule has 0 spiro atoms. The van der Waals surface area contributed by atoms with E-state index in [1.54, 1.807) is 0 Å². The van der Waals surface area contributed by atoms with Crippen molar-refractivity contribution in [1.29, 1.82) is 5.26 Å².